The third-order valence-electron chi connectivity index (χ3n) is 2.61. The Labute approximate surface area is 61.1 Å². The first-order valence-corrected chi connectivity index (χ1v) is 3.88. The van der Waals surface area contributed by atoms with Crippen LogP contribution in [0.15, 0.2) is 12.2 Å². The molecule has 1 N–H and O–H groups in total. The largest absolute Gasteiger partial charge is 0.394 e. The van der Waals surface area contributed by atoms with E-state index in [0.29, 0.717) is 6.61 Å². The predicted molar refractivity (Wildman–Crippen MR) is 39.8 cm³/mol. The van der Waals surface area contributed by atoms with E-state index in [4.69, 9.17) is 5.11 Å². The van der Waals surface area contributed by atoms with Gasteiger partial charge in [-0.2, -0.15) is 0 Å². The average molecular weight is 139 g/mol. The van der Waals surface area contributed by atoms with E-state index in [1.165, 1.54) is 12.8 Å². The van der Waals surface area contributed by atoms with Crippen LogP contribution in [0, 0.1) is 0 Å². The number of hydrogen-bond donors (Lipinski definition) is 1. The molecular formula is C8H13NO. The third-order valence-corrected chi connectivity index (χ3v) is 2.61. The molecule has 1 aliphatic heterocycles. The molecule has 1 aliphatic carbocycles. The van der Waals surface area contributed by atoms with Gasteiger partial charge in [-0.3, -0.25) is 4.90 Å². The number of aliphatic hydroxyl groups excluding tert-OH is 1. The van der Waals surface area contributed by atoms with Crippen molar-refractivity contribution in [3.05, 3.63) is 12.2 Å². The van der Waals surface area contributed by atoms with Crippen molar-refractivity contribution < 1.29 is 5.11 Å². The molecule has 0 saturated heterocycles. The Balaban J connectivity index is 1.98. The molecule has 0 spiro atoms. The van der Waals surface area contributed by atoms with Gasteiger partial charge in [0, 0.05) is 18.6 Å². The van der Waals surface area contributed by atoms with Crippen LogP contribution in [0.25, 0.3) is 0 Å². The second-order valence-corrected chi connectivity index (χ2v) is 3.26. The molecule has 2 nitrogen and oxygen atoms in total. The fourth-order valence-corrected chi connectivity index (χ4v) is 1.58. The van der Waals surface area contributed by atoms with E-state index in [-0.39, 0.29) is 5.54 Å². The van der Waals surface area contributed by atoms with Gasteiger partial charge in [0.1, 0.15) is 0 Å². The van der Waals surface area contributed by atoms with E-state index in [1.54, 1.807) is 0 Å². The first-order valence-electron chi connectivity index (χ1n) is 3.88. The van der Waals surface area contributed by atoms with E-state index < -0.39 is 0 Å². The Kier molecular flexibility index (Phi) is 1.32. The second kappa shape index (κ2) is 2.07. The molecule has 0 atom stereocenters. The average Bonchev–Trinajstić information content (AvgIpc) is 2.58. The fourth-order valence-electron chi connectivity index (χ4n) is 1.58. The zero-order valence-corrected chi connectivity index (χ0v) is 6.08. The van der Waals surface area contributed by atoms with Crippen molar-refractivity contribution in [2.24, 2.45) is 0 Å². The summed E-state index contributed by atoms with van der Waals surface area (Å²) in [4.78, 5) is 2.35. The van der Waals surface area contributed by atoms with E-state index in [0.717, 1.165) is 13.1 Å². The van der Waals surface area contributed by atoms with Crippen LogP contribution < -0.4 is 0 Å². The smallest absolute Gasteiger partial charge is 0.0615 e. The van der Waals surface area contributed by atoms with Crippen molar-refractivity contribution in [2.75, 3.05) is 19.7 Å². The van der Waals surface area contributed by atoms with Crippen LogP contribution in [0.5, 0.6) is 0 Å². The molecule has 0 aromatic heterocycles. The number of rotatable bonds is 2. The van der Waals surface area contributed by atoms with Crippen LogP contribution in [0.3, 0.4) is 0 Å². The second-order valence-electron chi connectivity index (χ2n) is 3.26. The minimum Gasteiger partial charge on any atom is -0.394 e. The third kappa shape index (κ3) is 0.796. The topological polar surface area (TPSA) is 23.5 Å². The summed E-state index contributed by atoms with van der Waals surface area (Å²) < 4.78 is 0. The van der Waals surface area contributed by atoms with E-state index in [9.17, 15) is 0 Å². The Bertz CT molecular complexity index is 153. The lowest BCUT2D eigenvalue weighted by molar-refractivity contribution is 0.133. The number of nitrogens with zero attached hydrogens (tertiary/aromatic N) is 1. The Hall–Kier alpha value is -0.340. The molecule has 2 aliphatic rings. The predicted octanol–water partition coefficient (Wildman–Crippen LogP) is 0.383. The highest BCUT2D eigenvalue weighted by atomic mass is 16.3. The van der Waals surface area contributed by atoms with E-state index in [2.05, 4.69) is 17.1 Å². The minimum absolute atomic E-state index is 0.198. The zero-order valence-electron chi connectivity index (χ0n) is 6.08. The molecule has 0 radical (unpaired) electrons. The lowest BCUT2D eigenvalue weighted by Gasteiger charge is -2.24. The molecule has 0 unspecified atom stereocenters. The Morgan fingerprint density at radius 2 is 1.90 bits per heavy atom. The molecule has 1 saturated carbocycles. The van der Waals surface area contributed by atoms with Crippen molar-refractivity contribution in [3.63, 3.8) is 0 Å². The van der Waals surface area contributed by atoms with Crippen LogP contribution in [0.1, 0.15) is 12.8 Å². The first-order chi connectivity index (χ1) is 4.87. The normalized spacial score (nSPS) is 29.3. The van der Waals surface area contributed by atoms with Crippen LogP contribution in [-0.2, 0) is 0 Å². The maximum atomic E-state index is 9.05. The Morgan fingerprint density at radius 3 is 2.30 bits per heavy atom. The highest BCUT2D eigenvalue weighted by Crippen LogP contribution is 2.41. The molecule has 0 amide bonds. The summed E-state index contributed by atoms with van der Waals surface area (Å²) >= 11 is 0. The summed E-state index contributed by atoms with van der Waals surface area (Å²) in [6, 6.07) is 0. The van der Waals surface area contributed by atoms with Crippen molar-refractivity contribution in [3.8, 4) is 0 Å². The monoisotopic (exact) mass is 139 g/mol. The molecule has 0 aromatic rings. The number of hydrogen-bond acceptors (Lipinski definition) is 2. The van der Waals surface area contributed by atoms with Gasteiger partial charge >= 0.3 is 0 Å². The maximum Gasteiger partial charge on any atom is 0.0615 e. The molecule has 2 rings (SSSR count). The summed E-state index contributed by atoms with van der Waals surface area (Å²) in [5, 5.41) is 9.05. The standard InChI is InChI=1S/C8H13NO/c10-7-8(3-4-8)9-5-1-2-6-9/h1-2,10H,3-7H2. The van der Waals surface area contributed by atoms with Crippen LogP contribution in [0.2, 0.25) is 0 Å². The van der Waals surface area contributed by atoms with E-state index >= 15 is 0 Å². The summed E-state index contributed by atoms with van der Waals surface area (Å²) in [5.74, 6) is 0. The van der Waals surface area contributed by atoms with Gasteiger partial charge in [0.05, 0.1) is 6.61 Å². The summed E-state index contributed by atoms with van der Waals surface area (Å²) in [6.45, 7) is 2.43. The van der Waals surface area contributed by atoms with Crippen molar-refractivity contribution in [2.45, 2.75) is 18.4 Å². The van der Waals surface area contributed by atoms with Gasteiger partial charge in [0.25, 0.3) is 0 Å². The maximum absolute atomic E-state index is 9.05. The van der Waals surface area contributed by atoms with Gasteiger partial charge in [-0.15, -0.1) is 0 Å². The first kappa shape index (κ1) is 6.38. The molecule has 2 heteroatoms. The van der Waals surface area contributed by atoms with Gasteiger partial charge in [-0.05, 0) is 12.8 Å². The highest BCUT2D eigenvalue weighted by Gasteiger charge is 2.47. The van der Waals surface area contributed by atoms with Crippen LogP contribution in [-0.4, -0.2) is 35.2 Å². The zero-order chi connectivity index (χ0) is 7.03. The molecule has 0 bridgehead atoms. The molecule has 1 heterocycles. The quantitative estimate of drug-likeness (QED) is 0.559. The van der Waals surface area contributed by atoms with E-state index in [1.807, 2.05) is 0 Å². The van der Waals surface area contributed by atoms with Gasteiger partial charge in [0.15, 0.2) is 0 Å². The molecular weight excluding hydrogens is 126 g/mol. The van der Waals surface area contributed by atoms with Gasteiger partial charge in [-0.25, -0.2) is 0 Å². The van der Waals surface area contributed by atoms with Crippen LogP contribution >= 0.6 is 0 Å². The van der Waals surface area contributed by atoms with Gasteiger partial charge < -0.3 is 5.11 Å². The number of aliphatic hydroxyl groups is 1. The highest BCUT2D eigenvalue weighted by molar-refractivity contribution is 5.10. The molecule has 1 fully saturated rings. The van der Waals surface area contributed by atoms with Gasteiger partial charge in [0.2, 0.25) is 0 Å². The van der Waals surface area contributed by atoms with Crippen molar-refractivity contribution in [1.29, 1.82) is 0 Å². The molecule has 10 heavy (non-hydrogen) atoms. The fraction of sp³-hybridized carbons (Fsp3) is 0.750. The van der Waals surface area contributed by atoms with Gasteiger partial charge in [-0.1, -0.05) is 12.2 Å². The summed E-state index contributed by atoms with van der Waals surface area (Å²) in [6.07, 6.45) is 6.72. The SMILES string of the molecule is OCC1(N2CC=CC2)CC1. The summed E-state index contributed by atoms with van der Waals surface area (Å²) in [7, 11) is 0. The van der Waals surface area contributed by atoms with Crippen LogP contribution in [0.4, 0.5) is 0 Å². The van der Waals surface area contributed by atoms with Crippen molar-refractivity contribution >= 4 is 0 Å². The molecule has 0 aromatic carbocycles. The lowest BCUT2D eigenvalue weighted by atomic mass is 10.2. The molecule has 56 valence electrons. The van der Waals surface area contributed by atoms with Crippen molar-refractivity contribution in [1.82, 2.24) is 4.90 Å². The minimum atomic E-state index is 0.198. The Morgan fingerprint density at radius 1 is 1.30 bits per heavy atom. The summed E-state index contributed by atoms with van der Waals surface area (Å²) in [5.41, 5.74) is 0.198. The lowest BCUT2D eigenvalue weighted by Crippen LogP contribution is -2.38.